The molecule has 2 atom stereocenters. The molecule has 0 aromatic rings. The smallest absolute Gasteiger partial charge is 0.244 e. The first-order valence-corrected chi connectivity index (χ1v) is 7.87. The van der Waals surface area contributed by atoms with Crippen molar-refractivity contribution in [1.29, 1.82) is 0 Å². The number of thioether (sulfide) groups is 1. The molecule has 106 valence electrons. The van der Waals surface area contributed by atoms with Crippen molar-refractivity contribution in [2.24, 2.45) is 0 Å². The van der Waals surface area contributed by atoms with Crippen LogP contribution in [0.15, 0.2) is 0 Å². The fourth-order valence-corrected chi connectivity index (χ4v) is 4.72. The summed E-state index contributed by atoms with van der Waals surface area (Å²) in [6.07, 6.45) is 4.07. The third-order valence-electron chi connectivity index (χ3n) is 4.75. The van der Waals surface area contributed by atoms with Crippen molar-refractivity contribution in [3.05, 3.63) is 0 Å². The van der Waals surface area contributed by atoms with Gasteiger partial charge in [0, 0.05) is 12.2 Å². The molecule has 3 fully saturated rings. The number of hydrogen-bond donors (Lipinski definition) is 2. The highest BCUT2D eigenvalue weighted by molar-refractivity contribution is 8.01. The summed E-state index contributed by atoms with van der Waals surface area (Å²) < 4.78 is 0. The van der Waals surface area contributed by atoms with Crippen molar-refractivity contribution in [3.63, 3.8) is 0 Å². The van der Waals surface area contributed by atoms with E-state index in [0.29, 0.717) is 12.2 Å². The molecule has 0 spiro atoms. The van der Waals surface area contributed by atoms with Crippen LogP contribution in [0, 0.1) is 0 Å². The van der Waals surface area contributed by atoms with E-state index in [1.807, 2.05) is 6.92 Å². The first kappa shape index (κ1) is 13.2. The molecule has 1 saturated carbocycles. The maximum absolute atomic E-state index is 12.4. The van der Waals surface area contributed by atoms with E-state index in [1.54, 1.807) is 16.7 Å². The molecule has 2 unspecified atom stereocenters. The van der Waals surface area contributed by atoms with Gasteiger partial charge in [-0.2, -0.15) is 0 Å². The minimum Gasteiger partial charge on any atom is -0.394 e. The number of aliphatic hydroxyl groups is 1. The van der Waals surface area contributed by atoms with Gasteiger partial charge in [0.2, 0.25) is 11.8 Å². The highest BCUT2D eigenvalue weighted by atomic mass is 32.2. The number of aliphatic hydroxyl groups excluding tert-OH is 1. The largest absolute Gasteiger partial charge is 0.394 e. The molecule has 0 aromatic carbocycles. The number of nitrogens with zero attached hydrogens (tertiary/aromatic N) is 1. The number of hydrogen-bond acceptors (Lipinski definition) is 4. The van der Waals surface area contributed by atoms with E-state index in [2.05, 4.69) is 5.32 Å². The fraction of sp³-hybridized carbons (Fsp3) is 0.846. The van der Waals surface area contributed by atoms with Crippen molar-refractivity contribution >= 4 is 23.6 Å². The van der Waals surface area contributed by atoms with E-state index in [4.69, 9.17) is 0 Å². The molecular weight excluding hydrogens is 264 g/mol. The third kappa shape index (κ3) is 1.96. The van der Waals surface area contributed by atoms with Crippen LogP contribution < -0.4 is 5.32 Å². The van der Waals surface area contributed by atoms with Gasteiger partial charge in [-0.1, -0.05) is 0 Å². The third-order valence-corrected chi connectivity index (χ3v) is 6.25. The lowest BCUT2D eigenvalue weighted by Crippen LogP contribution is -2.61. The molecule has 0 radical (unpaired) electrons. The SMILES string of the molecule is CC12CCC(=O)N1C(C(=O)NC1(CO)CCC1)CS2. The highest BCUT2D eigenvalue weighted by Gasteiger charge is 2.53. The van der Waals surface area contributed by atoms with Crippen LogP contribution in [0.4, 0.5) is 0 Å². The van der Waals surface area contributed by atoms with Crippen LogP contribution in [0.5, 0.6) is 0 Å². The Labute approximate surface area is 117 Å². The van der Waals surface area contributed by atoms with Crippen LogP contribution in [-0.4, -0.2) is 50.6 Å². The number of carbonyl (C=O) groups is 2. The normalized spacial score (nSPS) is 36.0. The standard InChI is InChI=1S/C13H20N2O3S/c1-12-6-3-10(17)15(12)9(7-19-12)11(18)14-13(8-16)4-2-5-13/h9,16H,2-8H2,1H3,(H,14,18). The molecule has 0 bridgehead atoms. The van der Waals surface area contributed by atoms with E-state index in [-0.39, 0.29) is 29.3 Å². The Bertz CT molecular complexity index is 419. The Morgan fingerprint density at radius 3 is 2.84 bits per heavy atom. The lowest BCUT2D eigenvalue weighted by Gasteiger charge is -2.42. The van der Waals surface area contributed by atoms with Gasteiger partial charge in [-0.15, -0.1) is 11.8 Å². The molecule has 2 saturated heterocycles. The summed E-state index contributed by atoms with van der Waals surface area (Å²) in [4.78, 5) is 25.9. The van der Waals surface area contributed by atoms with Gasteiger partial charge < -0.3 is 15.3 Å². The summed E-state index contributed by atoms with van der Waals surface area (Å²) in [5, 5.41) is 12.4. The minimum absolute atomic E-state index is 0.0101. The van der Waals surface area contributed by atoms with Crippen LogP contribution in [-0.2, 0) is 9.59 Å². The molecule has 0 aromatic heterocycles. The van der Waals surface area contributed by atoms with Crippen LogP contribution in [0.25, 0.3) is 0 Å². The second kappa shape index (κ2) is 4.38. The highest BCUT2D eigenvalue weighted by Crippen LogP contribution is 2.47. The van der Waals surface area contributed by atoms with Crippen molar-refractivity contribution < 1.29 is 14.7 Å². The second-order valence-electron chi connectivity index (χ2n) is 6.05. The summed E-state index contributed by atoms with van der Waals surface area (Å²) >= 11 is 1.70. The second-order valence-corrected chi connectivity index (χ2v) is 7.55. The maximum Gasteiger partial charge on any atom is 0.244 e. The molecule has 2 N–H and O–H groups in total. The molecule has 5 nitrogen and oxygen atoms in total. The zero-order valence-corrected chi connectivity index (χ0v) is 12.0. The Hall–Kier alpha value is -0.750. The van der Waals surface area contributed by atoms with Gasteiger partial charge in [-0.25, -0.2) is 0 Å². The van der Waals surface area contributed by atoms with Crippen LogP contribution in [0.2, 0.25) is 0 Å². The quantitative estimate of drug-likeness (QED) is 0.790. The first-order valence-electron chi connectivity index (χ1n) is 6.89. The molecule has 6 heteroatoms. The molecule has 2 amide bonds. The lowest BCUT2D eigenvalue weighted by atomic mass is 9.77. The van der Waals surface area contributed by atoms with Gasteiger partial charge in [-0.3, -0.25) is 9.59 Å². The average Bonchev–Trinajstić information content (AvgIpc) is 2.82. The van der Waals surface area contributed by atoms with Crippen molar-refractivity contribution in [2.75, 3.05) is 12.4 Å². The van der Waals surface area contributed by atoms with Crippen LogP contribution in [0.3, 0.4) is 0 Å². The van der Waals surface area contributed by atoms with Gasteiger partial charge >= 0.3 is 0 Å². The summed E-state index contributed by atoms with van der Waals surface area (Å²) in [5.41, 5.74) is -0.427. The Kier molecular flexibility index (Phi) is 3.05. The number of nitrogens with one attached hydrogen (secondary N) is 1. The fourth-order valence-electron chi connectivity index (χ4n) is 3.29. The van der Waals surface area contributed by atoms with E-state index in [9.17, 15) is 14.7 Å². The number of carbonyl (C=O) groups excluding carboxylic acids is 2. The van der Waals surface area contributed by atoms with Gasteiger partial charge in [0.15, 0.2) is 0 Å². The van der Waals surface area contributed by atoms with Gasteiger partial charge in [0.25, 0.3) is 0 Å². The van der Waals surface area contributed by atoms with Gasteiger partial charge in [0.1, 0.15) is 6.04 Å². The molecule has 1 aliphatic carbocycles. The Morgan fingerprint density at radius 1 is 1.53 bits per heavy atom. The monoisotopic (exact) mass is 284 g/mol. The zero-order chi connectivity index (χ0) is 13.7. The molecule has 2 aliphatic heterocycles. The Balaban J connectivity index is 1.72. The number of fused-ring (bicyclic) bond motifs is 1. The van der Waals surface area contributed by atoms with Crippen molar-refractivity contribution in [2.45, 2.75) is 55.5 Å². The summed E-state index contributed by atoms with van der Waals surface area (Å²) in [5.74, 6) is 0.648. The van der Waals surface area contributed by atoms with Gasteiger partial charge in [-0.05, 0) is 32.6 Å². The zero-order valence-electron chi connectivity index (χ0n) is 11.1. The maximum atomic E-state index is 12.4. The number of amides is 2. The molecule has 3 rings (SSSR count). The van der Waals surface area contributed by atoms with Crippen LogP contribution >= 0.6 is 11.8 Å². The molecule has 19 heavy (non-hydrogen) atoms. The number of rotatable bonds is 3. The summed E-state index contributed by atoms with van der Waals surface area (Å²) in [6, 6.07) is -0.367. The average molecular weight is 284 g/mol. The predicted molar refractivity (Wildman–Crippen MR) is 72.5 cm³/mol. The molecule has 3 aliphatic rings. The first-order chi connectivity index (χ1) is 9.00. The van der Waals surface area contributed by atoms with Crippen molar-refractivity contribution in [3.8, 4) is 0 Å². The van der Waals surface area contributed by atoms with Crippen molar-refractivity contribution in [1.82, 2.24) is 10.2 Å². The van der Waals surface area contributed by atoms with Crippen LogP contribution in [0.1, 0.15) is 39.0 Å². The molecule has 2 heterocycles. The molecular formula is C13H20N2O3S. The van der Waals surface area contributed by atoms with E-state index < -0.39 is 5.54 Å². The summed E-state index contributed by atoms with van der Waals surface area (Å²) in [7, 11) is 0. The predicted octanol–water partition coefficient (Wildman–Crippen LogP) is 0.472. The summed E-state index contributed by atoms with van der Waals surface area (Å²) in [6.45, 7) is 2.03. The Morgan fingerprint density at radius 2 is 2.26 bits per heavy atom. The lowest BCUT2D eigenvalue weighted by molar-refractivity contribution is -0.139. The van der Waals surface area contributed by atoms with E-state index in [1.165, 1.54) is 0 Å². The van der Waals surface area contributed by atoms with E-state index >= 15 is 0 Å². The minimum atomic E-state index is -0.427. The van der Waals surface area contributed by atoms with E-state index in [0.717, 1.165) is 25.7 Å². The van der Waals surface area contributed by atoms with Gasteiger partial charge in [0.05, 0.1) is 17.0 Å². The topological polar surface area (TPSA) is 69.6 Å².